The number of ether oxygens (including phenoxy) is 3. The number of allylic oxidation sites excluding steroid dienone is 3. The van der Waals surface area contributed by atoms with Gasteiger partial charge in [0, 0.05) is 29.7 Å². The first-order valence-electron chi connectivity index (χ1n) is 12.0. The highest BCUT2D eigenvalue weighted by molar-refractivity contribution is 5.96. The first kappa shape index (κ1) is 24.6. The number of Topliss-reactive ketones (excluding diaryl/α,β-unsaturated/α-hetero) is 1. The number of aryl methyl sites for hydroxylation is 1. The minimum absolute atomic E-state index is 0.0883. The first-order chi connectivity index (χ1) is 16.7. The summed E-state index contributed by atoms with van der Waals surface area (Å²) in [6, 6.07) is 13.7. The van der Waals surface area contributed by atoms with Crippen molar-refractivity contribution in [2.45, 2.75) is 52.1 Å². The van der Waals surface area contributed by atoms with E-state index in [1.54, 1.807) is 14.2 Å². The largest absolute Gasteiger partial charge is 0.493 e. The van der Waals surface area contributed by atoms with E-state index in [0.717, 1.165) is 22.4 Å². The Bertz CT molecular complexity index is 1210. The van der Waals surface area contributed by atoms with Gasteiger partial charge in [0.15, 0.2) is 11.5 Å². The number of hydrogen-bond acceptors (Lipinski definition) is 6. The summed E-state index contributed by atoms with van der Waals surface area (Å²) in [7, 11) is 3.20. The smallest absolute Gasteiger partial charge is 0.336 e. The summed E-state index contributed by atoms with van der Waals surface area (Å²) >= 11 is 0. The minimum Gasteiger partial charge on any atom is -0.493 e. The van der Waals surface area contributed by atoms with Crippen molar-refractivity contribution in [1.29, 1.82) is 0 Å². The first-order valence-corrected chi connectivity index (χ1v) is 12.0. The predicted octanol–water partition coefficient (Wildman–Crippen LogP) is 5.18. The molecule has 1 aliphatic heterocycles. The third-order valence-electron chi connectivity index (χ3n) is 6.79. The highest BCUT2D eigenvalue weighted by Gasteiger charge is 2.45. The molecule has 0 radical (unpaired) electrons. The molecule has 2 aliphatic rings. The molecule has 0 aromatic heterocycles. The van der Waals surface area contributed by atoms with Crippen LogP contribution in [0, 0.1) is 12.8 Å². The van der Waals surface area contributed by atoms with E-state index < -0.39 is 11.8 Å². The highest BCUT2D eigenvalue weighted by atomic mass is 16.5. The number of rotatable bonds is 6. The molecule has 0 bridgehead atoms. The molecule has 0 spiro atoms. The van der Waals surface area contributed by atoms with Crippen molar-refractivity contribution >= 4 is 11.8 Å². The molecule has 1 heterocycles. The van der Waals surface area contributed by atoms with Crippen LogP contribution in [0.15, 0.2) is 65.5 Å². The average molecular weight is 476 g/mol. The van der Waals surface area contributed by atoms with E-state index in [-0.39, 0.29) is 23.8 Å². The highest BCUT2D eigenvalue weighted by Crippen LogP contribution is 2.47. The number of nitrogens with one attached hydrogen (secondary N) is 1. The van der Waals surface area contributed by atoms with Crippen molar-refractivity contribution in [1.82, 2.24) is 5.32 Å². The number of fused-ring (bicyclic) bond motifs is 1. The predicted molar refractivity (Wildman–Crippen MR) is 134 cm³/mol. The summed E-state index contributed by atoms with van der Waals surface area (Å²) in [5.41, 5.74) is 5.05. The van der Waals surface area contributed by atoms with E-state index in [2.05, 4.69) is 11.4 Å². The van der Waals surface area contributed by atoms with Crippen LogP contribution in [-0.2, 0) is 14.3 Å². The second-order valence-corrected chi connectivity index (χ2v) is 9.44. The van der Waals surface area contributed by atoms with Crippen molar-refractivity contribution in [2.24, 2.45) is 5.92 Å². The molecule has 184 valence electrons. The molecular weight excluding hydrogens is 442 g/mol. The molecule has 3 unspecified atom stereocenters. The van der Waals surface area contributed by atoms with Crippen molar-refractivity contribution in [3.63, 3.8) is 0 Å². The van der Waals surface area contributed by atoms with Crippen LogP contribution in [0.4, 0.5) is 0 Å². The lowest BCUT2D eigenvalue weighted by atomic mass is 9.68. The summed E-state index contributed by atoms with van der Waals surface area (Å²) in [5.74, 6) is -0.0266. The number of carbonyl (C=O) groups is 2. The maximum absolute atomic E-state index is 13.8. The normalized spacial score (nSPS) is 21.7. The van der Waals surface area contributed by atoms with Gasteiger partial charge >= 0.3 is 5.97 Å². The fourth-order valence-electron chi connectivity index (χ4n) is 5.19. The number of methoxy groups -OCH3 is 2. The molecule has 0 saturated heterocycles. The van der Waals surface area contributed by atoms with Gasteiger partial charge < -0.3 is 19.5 Å². The number of benzene rings is 2. The molecule has 6 heteroatoms. The van der Waals surface area contributed by atoms with Crippen LogP contribution in [-0.4, -0.2) is 32.1 Å². The van der Waals surface area contributed by atoms with Crippen LogP contribution >= 0.6 is 0 Å². The summed E-state index contributed by atoms with van der Waals surface area (Å²) in [6.45, 7) is 7.56. The summed E-state index contributed by atoms with van der Waals surface area (Å²) < 4.78 is 16.5. The second kappa shape index (κ2) is 9.98. The Labute approximate surface area is 207 Å². The Kier molecular flexibility index (Phi) is 7.01. The standard InChI is InChI=1S/C29H33NO5/c1-16(2)35-29(32)26-18(4)30-22-13-20(19-11-12-24(33-5)25(15-19)34-6)14-23(31)28(22)27(26)21-10-8-7-9-17(21)3/h7-13,15-16,20,27-28,30H,14H2,1-6H3. The van der Waals surface area contributed by atoms with E-state index in [4.69, 9.17) is 14.2 Å². The zero-order chi connectivity index (χ0) is 25.3. The fraction of sp³-hybridized carbons (Fsp3) is 0.379. The molecule has 1 aliphatic carbocycles. The van der Waals surface area contributed by atoms with Gasteiger partial charge in [-0.3, -0.25) is 4.79 Å². The average Bonchev–Trinajstić information content (AvgIpc) is 2.82. The Balaban J connectivity index is 1.82. The molecule has 0 fully saturated rings. The minimum atomic E-state index is -0.481. The maximum atomic E-state index is 13.8. The van der Waals surface area contributed by atoms with E-state index >= 15 is 0 Å². The lowest BCUT2D eigenvalue weighted by Crippen LogP contribution is -2.42. The third kappa shape index (κ3) is 4.70. The lowest BCUT2D eigenvalue weighted by molar-refractivity contribution is -0.143. The summed E-state index contributed by atoms with van der Waals surface area (Å²) in [4.78, 5) is 27.0. The monoisotopic (exact) mass is 475 g/mol. The molecule has 2 aromatic carbocycles. The molecule has 35 heavy (non-hydrogen) atoms. The molecule has 1 N–H and O–H groups in total. The van der Waals surface area contributed by atoms with Gasteiger partial charge in [-0.1, -0.05) is 36.4 Å². The number of ketones is 1. The maximum Gasteiger partial charge on any atom is 0.336 e. The molecule has 3 atom stereocenters. The number of esters is 1. The Hall–Kier alpha value is -3.54. The van der Waals surface area contributed by atoms with Crippen LogP contribution in [0.1, 0.15) is 55.7 Å². The number of carbonyl (C=O) groups excluding carboxylic acids is 2. The van der Waals surface area contributed by atoms with Crippen LogP contribution < -0.4 is 14.8 Å². The zero-order valence-electron chi connectivity index (χ0n) is 21.2. The van der Waals surface area contributed by atoms with Crippen LogP contribution in [0.5, 0.6) is 11.5 Å². The third-order valence-corrected chi connectivity index (χ3v) is 6.79. The van der Waals surface area contributed by atoms with Gasteiger partial charge in [0.1, 0.15) is 5.78 Å². The van der Waals surface area contributed by atoms with E-state index in [1.165, 1.54) is 0 Å². The quantitative estimate of drug-likeness (QED) is 0.581. The van der Waals surface area contributed by atoms with Crippen molar-refractivity contribution < 1.29 is 23.8 Å². The van der Waals surface area contributed by atoms with Crippen molar-refractivity contribution in [3.8, 4) is 11.5 Å². The Morgan fingerprint density at radius 3 is 2.37 bits per heavy atom. The summed E-state index contributed by atoms with van der Waals surface area (Å²) in [5, 5.41) is 3.39. The van der Waals surface area contributed by atoms with E-state index in [1.807, 2.05) is 70.2 Å². The van der Waals surface area contributed by atoms with Gasteiger partial charge in [0.05, 0.1) is 31.8 Å². The van der Waals surface area contributed by atoms with Crippen LogP contribution in [0.2, 0.25) is 0 Å². The molecule has 4 rings (SSSR count). The van der Waals surface area contributed by atoms with Crippen molar-refractivity contribution in [2.75, 3.05) is 14.2 Å². The van der Waals surface area contributed by atoms with Crippen LogP contribution in [0.3, 0.4) is 0 Å². The fourth-order valence-corrected chi connectivity index (χ4v) is 5.19. The van der Waals surface area contributed by atoms with Gasteiger partial charge in [0.25, 0.3) is 0 Å². The van der Waals surface area contributed by atoms with E-state index in [0.29, 0.717) is 29.2 Å². The Morgan fingerprint density at radius 2 is 1.71 bits per heavy atom. The molecule has 0 saturated carbocycles. The molecule has 6 nitrogen and oxygen atoms in total. The Morgan fingerprint density at radius 1 is 1.00 bits per heavy atom. The summed E-state index contributed by atoms with van der Waals surface area (Å²) in [6.07, 6.45) is 2.19. The van der Waals surface area contributed by atoms with Gasteiger partial charge in [-0.15, -0.1) is 0 Å². The van der Waals surface area contributed by atoms with Gasteiger partial charge in [-0.05, 0) is 56.5 Å². The molecule has 2 aromatic rings. The van der Waals surface area contributed by atoms with Crippen LogP contribution in [0.25, 0.3) is 0 Å². The van der Waals surface area contributed by atoms with Gasteiger partial charge in [-0.2, -0.15) is 0 Å². The molecule has 0 amide bonds. The number of hydrogen-bond donors (Lipinski definition) is 1. The topological polar surface area (TPSA) is 73.9 Å². The molecular formula is C29H33NO5. The zero-order valence-corrected chi connectivity index (χ0v) is 21.2. The SMILES string of the molecule is COc1ccc(C2C=C3NC(C)=C(C(=O)OC(C)C)C(c4ccccc4C)C3C(=O)C2)cc1OC. The van der Waals surface area contributed by atoms with Gasteiger partial charge in [-0.25, -0.2) is 4.79 Å². The second-order valence-electron chi connectivity index (χ2n) is 9.44. The van der Waals surface area contributed by atoms with Gasteiger partial charge in [0.2, 0.25) is 0 Å². The van der Waals surface area contributed by atoms with Crippen molar-refractivity contribution in [3.05, 3.63) is 82.2 Å². The lowest BCUT2D eigenvalue weighted by Gasteiger charge is -2.40. The van der Waals surface area contributed by atoms with E-state index in [9.17, 15) is 9.59 Å².